The van der Waals surface area contributed by atoms with Gasteiger partial charge < -0.3 is 5.32 Å². The van der Waals surface area contributed by atoms with Crippen molar-refractivity contribution in [3.05, 3.63) is 0 Å². The summed E-state index contributed by atoms with van der Waals surface area (Å²) in [7, 11) is 0. The molecule has 0 bridgehead atoms. The monoisotopic (exact) mass is 213 g/mol. The van der Waals surface area contributed by atoms with Gasteiger partial charge in [0, 0.05) is 6.04 Å². The molecule has 0 aliphatic heterocycles. The maximum atomic E-state index is 3.64. The molecule has 0 radical (unpaired) electrons. The van der Waals surface area contributed by atoms with Crippen molar-refractivity contribution in [3.63, 3.8) is 0 Å². The van der Waals surface area contributed by atoms with Gasteiger partial charge >= 0.3 is 0 Å². The van der Waals surface area contributed by atoms with Crippen LogP contribution in [0.1, 0.15) is 60.8 Å². The molecule has 2 unspecified atom stereocenters. The van der Waals surface area contributed by atoms with Crippen molar-refractivity contribution in [2.24, 2.45) is 17.8 Å². The minimum absolute atomic E-state index is 0.716. The lowest BCUT2D eigenvalue weighted by molar-refractivity contribution is 0.280. The fourth-order valence-corrected chi connectivity index (χ4v) is 2.02. The van der Waals surface area contributed by atoms with Gasteiger partial charge in [0.25, 0.3) is 0 Å². The third-order valence-electron chi connectivity index (χ3n) is 3.45. The number of hydrogen-bond acceptors (Lipinski definition) is 1. The molecule has 1 N–H and O–H groups in total. The van der Waals surface area contributed by atoms with Crippen LogP contribution in [0.25, 0.3) is 0 Å². The van der Waals surface area contributed by atoms with Crippen LogP contribution >= 0.6 is 0 Å². The molecule has 0 aromatic carbocycles. The van der Waals surface area contributed by atoms with Gasteiger partial charge in [0.15, 0.2) is 0 Å². The molecule has 0 saturated heterocycles. The van der Waals surface area contributed by atoms with Crippen LogP contribution in [0.2, 0.25) is 0 Å². The molecule has 0 aromatic rings. The maximum absolute atomic E-state index is 3.64. The first-order valence-corrected chi connectivity index (χ1v) is 6.72. The SMILES string of the molecule is CCNC(CCCC(C)C)C(C)C(C)C. The van der Waals surface area contributed by atoms with Gasteiger partial charge in [-0.25, -0.2) is 0 Å². The van der Waals surface area contributed by atoms with E-state index in [1.807, 2.05) is 0 Å². The Hall–Kier alpha value is -0.0400. The summed E-state index contributed by atoms with van der Waals surface area (Å²) >= 11 is 0. The molecule has 1 heteroatoms. The average molecular weight is 213 g/mol. The first-order chi connectivity index (χ1) is 6.99. The Morgan fingerprint density at radius 3 is 1.93 bits per heavy atom. The Morgan fingerprint density at radius 1 is 0.933 bits per heavy atom. The van der Waals surface area contributed by atoms with Crippen molar-refractivity contribution in [1.29, 1.82) is 0 Å². The Bertz CT molecular complexity index is 140. The molecule has 92 valence electrons. The van der Waals surface area contributed by atoms with Crippen LogP contribution in [0.4, 0.5) is 0 Å². The second kappa shape index (κ2) is 8.15. The van der Waals surface area contributed by atoms with Crippen LogP contribution in [0, 0.1) is 17.8 Å². The Kier molecular flexibility index (Phi) is 8.13. The quantitative estimate of drug-likeness (QED) is 0.640. The van der Waals surface area contributed by atoms with E-state index in [2.05, 4.69) is 46.9 Å². The smallest absolute Gasteiger partial charge is 0.00950 e. The normalized spacial score (nSPS) is 16.0. The van der Waals surface area contributed by atoms with Gasteiger partial charge in [-0.3, -0.25) is 0 Å². The fraction of sp³-hybridized carbons (Fsp3) is 1.00. The van der Waals surface area contributed by atoms with Crippen molar-refractivity contribution in [2.75, 3.05) is 6.54 Å². The standard InChI is InChI=1S/C14H31N/c1-7-15-14(13(6)12(4)5)10-8-9-11(2)3/h11-15H,7-10H2,1-6H3. The van der Waals surface area contributed by atoms with Gasteiger partial charge in [0.2, 0.25) is 0 Å². The lowest BCUT2D eigenvalue weighted by atomic mass is 9.87. The highest BCUT2D eigenvalue weighted by Crippen LogP contribution is 2.19. The molecular weight excluding hydrogens is 182 g/mol. The van der Waals surface area contributed by atoms with Crippen molar-refractivity contribution in [1.82, 2.24) is 5.32 Å². The van der Waals surface area contributed by atoms with Crippen LogP contribution in [0.3, 0.4) is 0 Å². The molecule has 1 nitrogen and oxygen atoms in total. The van der Waals surface area contributed by atoms with Crippen molar-refractivity contribution in [3.8, 4) is 0 Å². The lowest BCUT2D eigenvalue weighted by Gasteiger charge is -2.28. The molecular formula is C14H31N. The van der Waals surface area contributed by atoms with Crippen molar-refractivity contribution in [2.45, 2.75) is 66.8 Å². The average Bonchev–Trinajstić information content (AvgIpc) is 2.14. The van der Waals surface area contributed by atoms with E-state index >= 15 is 0 Å². The van der Waals surface area contributed by atoms with E-state index in [9.17, 15) is 0 Å². The Labute approximate surface area is 97.0 Å². The second-order valence-electron chi connectivity index (χ2n) is 5.59. The third kappa shape index (κ3) is 6.94. The molecule has 0 amide bonds. The van der Waals surface area contributed by atoms with Gasteiger partial charge in [-0.15, -0.1) is 0 Å². The summed E-state index contributed by atoms with van der Waals surface area (Å²) < 4.78 is 0. The van der Waals surface area contributed by atoms with Gasteiger partial charge in [0.1, 0.15) is 0 Å². The van der Waals surface area contributed by atoms with Crippen LogP contribution in [0.15, 0.2) is 0 Å². The molecule has 2 atom stereocenters. The lowest BCUT2D eigenvalue weighted by Crippen LogP contribution is -2.37. The highest BCUT2D eigenvalue weighted by atomic mass is 14.9. The first kappa shape index (κ1) is 15.0. The van der Waals surface area contributed by atoms with E-state index in [0.717, 1.165) is 24.3 Å². The highest BCUT2D eigenvalue weighted by molar-refractivity contribution is 4.75. The Morgan fingerprint density at radius 2 is 1.53 bits per heavy atom. The van der Waals surface area contributed by atoms with Gasteiger partial charge in [-0.05, 0) is 30.7 Å². The van der Waals surface area contributed by atoms with Crippen molar-refractivity contribution < 1.29 is 0 Å². The van der Waals surface area contributed by atoms with Crippen LogP contribution < -0.4 is 5.32 Å². The van der Waals surface area contributed by atoms with E-state index < -0.39 is 0 Å². The summed E-state index contributed by atoms with van der Waals surface area (Å²) in [6, 6.07) is 0.716. The molecule has 15 heavy (non-hydrogen) atoms. The molecule has 0 spiro atoms. The summed E-state index contributed by atoms with van der Waals surface area (Å²) in [5.41, 5.74) is 0. The molecule has 0 saturated carbocycles. The summed E-state index contributed by atoms with van der Waals surface area (Å²) in [6.07, 6.45) is 4.07. The highest BCUT2D eigenvalue weighted by Gasteiger charge is 2.18. The molecule has 0 aromatic heterocycles. The minimum Gasteiger partial charge on any atom is -0.314 e. The first-order valence-electron chi connectivity index (χ1n) is 6.72. The molecule has 0 heterocycles. The zero-order valence-corrected chi connectivity index (χ0v) is 11.6. The minimum atomic E-state index is 0.716. The van der Waals surface area contributed by atoms with Crippen LogP contribution in [-0.2, 0) is 0 Å². The predicted octanol–water partition coefficient (Wildman–Crippen LogP) is 4.08. The van der Waals surface area contributed by atoms with Crippen molar-refractivity contribution >= 4 is 0 Å². The largest absolute Gasteiger partial charge is 0.314 e. The van der Waals surface area contributed by atoms with E-state index in [-0.39, 0.29) is 0 Å². The second-order valence-corrected chi connectivity index (χ2v) is 5.59. The van der Waals surface area contributed by atoms with E-state index in [1.54, 1.807) is 0 Å². The van der Waals surface area contributed by atoms with Crippen LogP contribution in [0.5, 0.6) is 0 Å². The topological polar surface area (TPSA) is 12.0 Å². The molecule has 0 rings (SSSR count). The van der Waals surface area contributed by atoms with Gasteiger partial charge in [-0.1, -0.05) is 54.4 Å². The van der Waals surface area contributed by atoms with E-state index in [4.69, 9.17) is 0 Å². The summed E-state index contributed by atoms with van der Waals surface area (Å²) in [4.78, 5) is 0. The van der Waals surface area contributed by atoms with Crippen LogP contribution in [-0.4, -0.2) is 12.6 Å². The summed E-state index contributed by atoms with van der Waals surface area (Å²) in [5.74, 6) is 2.42. The fourth-order valence-electron chi connectivity index (χ4n) is 2.02. The molecule has 0 aliphatic carbocycles. The Balaban J connectivity index is 3.92. The number of rotatable bonds is 8. The van der Waals surface area contributed by atoms with Gasteiger partial charge in [-0.2, -0.15) is 0 Å². The third-order valence-corrected chi connectivity index (χ3v) is 3.45. The summed E-state index contributed by atoms with van der Waals surface area (Å²) in [5, 5.41) is 3.64. The molecule has 0 aliphatic rings. The van der Waals surface area contributed by atoms with E-state index in [1.165, 1.54) is 19.3 Å². The molecule has 0 fully saturated rings. The zero-order chi connectivity index (χ0) is 11.8. The predicted molar refractivity (Wildman–Crippen MR) is 70.2 cm³/mol. The van der Waals surface area contributed by atoms with E-state index in [0.29, 0.717) is 6.04 Å². The number of hydrogen-bond donors (Lipinski definition) is 1. The van der Waals surface area contributed by atoms with Gasteiger partial charge in [0.05, 0.1) is 0 Å². The zero-order valence-electron chi connectivity index (χ0n) is 11.6. The maximum Gasteiger partial charge on any atom is 0.00950 e. The number of nitrogens with one attached hydrogen (secondary N) is 1. The summed E-state index contributed by atoms with van der Waals surface area (Å²) in [6.45, 7) is 15.0.